The van der Waals surface area contributed by atoms with Gasteiger partial charge < -0.3 is 20.7 Å². The summed E-state index contributed by atoms with van der Waals surface area (Å²) in [6.45, 7) is -1.51. The molecule has 27 heavy (non-hydrogen) atoms. The number of halogens is 3. The van der Waals surface area contributed by atoms with Crippen LogP contribution < -0.4 is 16.0 Å². The Morgan fingerprint density at radius 3 is 2.00 bits per heavy atom. The number of carbonyl (C=O) groups excluding carboxylic acids is 2. The number of alkyl halides is 3. The Morgan fingerprint density at radius 1 is 0.926 bits per heavy atom. The van der Waals surface area contributed by atoms with Crippen LogP contribution in [-0.2, 0) is 11.3 Å². The highest BCUT2D eigenvalue weighted by molar-refractivity contribution is 6.04. The van der Waals surface area contributed by atoms with Gasteiger partial charge in [-0.3, -0.25) is 4.79 Å². The molecule has 0 aliphatic heterocycles. The van der Waals surface area contributed by atoms with Crippen molar-refractivity contribution in [1.29, 1.82) is 0 Å². The average molecular weight is 381 g/mol. The van der Waals surface area contributed by atoms with Crippen molar-refractivity contribution in [3.8, 4) is 0 Å². The van der Waals surface area contributed by atoms with E-state index in [9.17, 15) is 22.8 Å². The van der Waals surface area contributed by atoms with Crippen LogP contribution in [0.1, 0.15) is 15.9 Å². The van der Waals surface area contributed by atoms with Crippen LogP contribution in [0.3, 0.4) is 0 Å². The molecule has 0 saturated carbocycles. The van der Waals surface area contributed by atoms with Crippen LogP contribution in [0.2, 0.25) is 0 Å². The number of hydrogen-bond acceptors (Lipinski definition) is 3. The molecule has 6 nitrogen and oxygen atoms in total. The van der Waals surface area contributed by atoms with Crippen molar-refractivity contribution in [2.75, 3.05) is 24.3 Å². The molecule has 144 valence electrons. The van der Waals surface area contributed by atoms with Gasteiger partial charge in [0, 0.05) is 24.0 Å². The van der Waals surface area contributed by atoms with Gasteiger partial charge in [0.2, 0.25) is 0 Å². The number of anilines is 2. The minimum atomic E-state index is -4.37. The summed E-state index contributed by atoms with van der Waals surface area (Å²) in [6.07, 6.45) is -4.37. The van der Waals surface area contributed by atoms with Crippen molar-refractivity contribution in [2.24, 2.45) is 0 Å². The smallest absolute Gasteiger partial charge is 0.367 e. The fourth-order valence-corrected chi connectivity index (χ4v) is 2.07. The Bertz CT molecular complexity index is 775. The summed E-state index contributed by atoms with van der Waals surface area (Å²) in [6, 6.07) is 12.2. The van der Waals surface area contributed by atoms with E-state index in [0.29, 0.717) is 22.5 Å². The third-order valence-corrected chi connectivity index (χ3v) is 3.38. The Hall–Kier alpha value is -3.07. The van der Waals surface area contributed by atoms with E-state index in [2.05, 4.69) is 20.7 Å². The standard InChI is InChI=1S/C18H18F3N3O3/c1-22-17(26)24-15-8-6-14(7-9-15)23-16(25)13-4-2-12(3-5-13)10-27-11-18(19,20)21/h2-9H,10-11H2,1H3,(H,23,25)(H2,22,24,26). The molecule has 0 unspecified atom stereocenters. The molecule has 2 aromatic rings. The molecule has 0 aliphatic carbocycles. The van der Waals surface area contributed by atoms with E-state index < -0.39 is 12.8 Å². The highest BCUT2D eigenvalue weighted by atomic mass is 19.4. The number of benzene rings is 2. The maximum Gasteiger partial charge on any atom is 0.411 e. The lowest BCUT2D eigenvalue weighted by atomic mass is 10.1. The minimum Gasteiger partial charge on any atom is -0.367 e. The second kappa shape index (κ2) is 9.04. The maximum atomic E-state index is 12.2. The summed E-state index contributed by atoms with van der Waals surface area (Å²) in [5, 5.41) is 7.70. The second-order valence-corrected chi connectivity index (χ2v) is 5.54. The first-order valence-corrected chi connectivity index (χ1v) is 7.90. The molecule has 9 heteroatoms. The van der Waals surface area contributed by atoms with Gasteiger partial charge in [0.15, 0.2) is 0 Å². The number of nitrogens with one attached hydrogen (secondary N) is 3. The zero-order valence-corrected chi connectivity index (χ0v) is 14.4. The van der Waals surface area contributed by atoms with E-state index in [1.165, 1.54) is 31.3 Å². The minimum absolute atomic E-state index is 0.193. The van der Waals surface area contributed by atoms with Gasteiger partial charge in [0.1, 0.15) is 6.61 Å². The number of carbonyl (C=O) groups is 2. The number of amides is 3. The van der Waals surface area contributed by atoms with Gasteiger partial charge in [0.05, 0.1) is 6.61 Å². The van der Waals surface area contributed by atoms with Crippen LogP contribution >= 0.6 is 0 Å². The first-order chi connectivity index (χ1) is 12.8. The van der Waals surface area contributed by atoms with Crippen molar-refractivity contribution >= 4 is 23.3 Å². The monoisotopic (exact) mass is 381 g/mol. The summed E-state index contributed by atoms with van der Waals surface area (Å²) in [5.41, 5.74) is 1.97. The largest absolute Gasteiger partial charge is 0.411 e. The van der Waals surface area contributed by atoms with Gasteiger partial charge in [-0.25, -0.2) is 4.79 Å². The normalized spacial score (nSPS) is 11.0. The van der Waals surface area contributed by atoms with Gasteiger partial charge >= 0.3 is 12.2 Å². The molecular weight excluding hydrogens is 363 g/mol. The Balaban J connectivity index is 1.89. The van der Waals surface area contributed by atoms with Gasteiger partial charge in [-0.1, -0.05) is 12.1 Å². The molecule has 3 N–H and O–H groups in total. The number of hydrogen-bond donors (Lipinski definition) is 3. The van der Waals surface area contributed by atoms with Gasteiger partial charge in [-0.15, -0.1) is 0 Å². The molecular formula is C18H18F3N3O3. The predicted octanol–water partition coefficient (Wildman–Crippen LogP) is 3.77. The van der Waals surface area contributed by atoms with Crippen molar-refractivity contribution in [2.45, 2.75) is 12.8 Å². The molecule has 0 fully saturated rings. The highest BCUT2D eigenvalue weighted by Crippen LogP contribution is 2.17. The second-order valence-electron chi connectivity index (χ2n) is 5.54. The zero-order valence-electron chi connectivity index (χ0n) is 14.4. The number of urea groups is 1. The van der Waals surface area contributed by atoms with Gasteiger partial charge in [-0.05, 0) is 42.0 Å². The molecule has 2 aromatic carbocycles. The zero-order chi connectivity index (χ0) is 19.9. The van der Waals surface area contributed by atoms with E-state index in [0.717, 1.165) is 0 Å². The van der Waals surface area contributed by atoms with Crippen LogP contribution in [0.15, 0.2) is 48.5 Å². The summed E-state index contributed by atoms with van der Waals surface area (Å²) < 4.78 is 40.7. The number of ether oxygens (including phenoxy) is 1. The van der Waals surface area contributed by atoms with Crippen LogP contribution in [0, 0.1) is 0 Å². The van der Waals surface area contributed by atoms with Crippen molar-refractivity contribution < 1.29 is 27.5 Å². The molecule has 0 saturated heterocycles. The number of rotatable bonds is 6. The summed E-state index contributed by atoms with van der Waals surface area (Å²) >= 11 is 0. The lowest BCUT2D eigenvalue weighted by molar-refractivity contribution is -0.176. The first kappa shape index (κ1) is 20.2. The van der Waals surface area contributed by atoms with Crippen molar-refractivity contribution in [3.63, 3.8) is 0 Å². The van der Waals surface area contributed by atoms with Gasteiger partial charge in [-0.2, -0.15) is 13.2 Å². The molecule has 3 amide bonds. The maximum absolute atomic E-state index is 12.2. The quantitative estimate of drug-likeness (QED) is 0.713. The molecule has 0 atom stereocenters. The summed E-state index contributed by atoms with van der Waals surface area (Å²) in [5.74, 6) is -0.371. The van der Waals surface area contributed by atoms with Crippen LogP contribution in [-0.4, -0.2) is 31.8 Å². The molecule has 0 radical (unpaired) electrons. The van der Waals surface area contributed by atoms with E-state index in [4.69, 9.17) is 0 Å². The van der Waals surface area contributed by atoms with E-state index in [1.54, 1.807) is 24.3 Å². The summed E-state index contributed by atoms with van der Waals surface area (Å²) in [7, 11) is 1.50. The van der Waals surface area contributed by atoms with E-state index in [1.807, 2.05) is 0 Å². The lowest BCUT2D eigenvalue weighted by Crippen LogP contribution is -2.24. The summed E-state index contributed by atoms with van der Waals surface area (Å²) in [4.78, 5) is 23.4. The molecule has 0 heterocycles. The third kappa shape index (κ3) is 6.98. The van der Waals surface area contributed by atoms with Crippen molar-refractivity contribution in [1.82, 2.24) is 5.32 Å². The fraction of sp³-hybridized carbons (Fsp3) is 0.222. The molecule has 0 aliphatic rings. The third-order valence-electron chi connectivity index (χ3n) is 3.38. The Labute approximate surface area is 153 Å². The Morgan fingerprint density at radius 2 is 1.48 bits per heavy atom. The molecule has 0 aromatic heterocycles. The SMILES string of the molecule is CNC(=O)Nc1ccc(NC(=O)c2ccc(COCC(F)(F)F)cc2)cc1. The first-order valence-electron chi connectivity index (χ1n) is 7.90. The molecule has 0 bridgehead atoms. The van der Waals surface area contributed by atoms with Gasteiger partial charge in [0.25, 0.3) is 5.91 Å². The predicted molar refractivity (Wildman–Crippen MR) is 94.6 cm³/mol. The van der Waals surface area contributed by atoms with E-state index >= 15 is 0 Å². The van der Waals surface area contributed by atoms with Crippen molar-refractivity contribution in [3.05, 3.63) is 59.7 Å². The molecule has 0 spiro atoms. The van der Waals surface area contributed by atoms with Crippen LogP contribution in [0.25, 0.3) is 0 Å². The van der Waals surface area contributed by atoms with Crippen LogP contribution in [0.4, 0.5) is 29.3 Å². The Kier molecular flexibility index (Phi) is 6.78. The topological polar surface area (TPSA) is 79.5 Å². The average Bonchev–Trinajstić information content (AvgIpc) is 2.62. The van der Waals surface area contributed by atoms with Crippen LogP contribution in [0.5, 0.6) is 0 Å². The van der Waals surface area contributed by atoms with E-state index in [-0.39, 0.29) is 18.5 Å². The lowest BCUT2D eigenvalue weighted by Gasteiger charge is -2.09. The highest BCUT2D eigenvalue weighted by Gasteiger charge is 2.27. The molecule has 2 rings (SSSR count). The fourth-order valence-electron chi connectivity index (χ4n) is 2.07.